The Morgan fingerprint density at radius 3 is 2.81 bits per heavy atom. The van der Waals surface area contributed by atoms with E-state index in [0.717, 1.165) is 5.56 Å². The summed E-state index contributed by atoms with van der Waals surface area (Å²) >= 11 is 0. The number of hydrogen-bond acceptors (Lipinski definition) is 6. The molecule has 1 N–H and O–H groups in total. The van der Waals surface area contributed by atoms with Crippen LogP contribution >= 0.6 is 0 Å². The summed E-state index contributed by atoms with van der Waals surface area (Å²) in [6.07, 6.45) is 3.09. The molecule has 2 aromatic rings. The fourth-order valence-corrected chi connectivity index (χ4v) is 1.92. The second-order valence-electron chi connectivity index (χ2n) is 4.98. The number of para-hydroxylation sites is 2. The molecule has 0 radical (unpaired) electrons. The van der Waals surface area contributed by atoms with Crippen molar-refractivity contribution in [2.75, 3.05) is 13.2 Å². The number of carbonyl (C=O) groups is 1. The second-order valence-corrected chi connectivity index (χ2v) is 4.98. The second kappa shape index (κ2) is 9.58. The number of nitrogens with one attached hydrogen (secondary N) is 1. The van der Waals surface area contributed by atoms with Crippen molar-refractivity contribution >= 4 is 17.8 Å². The summed E-state index contributed by atoms with van der Waals surface area (Å²) in [6.45, 7) is 3.56. The highest BCUT2D eigenvalue weighted by Crippen LogP contribution is 2.25. The third-order valence-electron chi connectivity index (χ3n) is 3.05. The number of hydrazone groups is 1. The van der Waals surface area contributed by atoms with Gasteiger partial charge in [-0.15, -0.1) is 0 Å². The van der Waals surface area contributed by atoms with Crippen molar-refractivity contribution in [1.82, 2.24) is 5.43 Å². The van der Waals surface area contributed by atoms with E-state index in [-0.39, 0.29) is 11.4 Å². The van der Waals surface area contributed by atoms with E-state index in [1.807, 2.05) is 0 Å². The van der Waals surface area contributed by atoms with Gasteiger partial charge in [0, 0.05) is 6.07 Å². The Hall–Kier alpha value is -3.68. The van der Waals surface area contributed by atoms with Gasteiger partial charge in [-0.3, -0.25) is 14.9 Å². The van der Waals surface area contributed by atoms with Crippen molar-refractivity contribution in [2.24, 2.45) is 5.10 Å². The SMILES string of the molecule is C=CCOc1cccc(/C=N\NC(=O)COc2ccccc2[N+](=O)[O-])c1. The van der Waals surface area contributed by atoms with Crippen molar-refractivity contribution in [3.8, 4) is 11.5 Å². The number of nitro groups is 1. The summed E-state index contributed by atoms with van der Waals surface area (Å²) in [4.78, 5) is 22.0. The quantitative estimate of drug-likeness (QED) is 0.322. The molecule has 0 fully saturated rings. The van der Waals surface area contributed by atoms with Crippen LogP contribution in [0, 0.1) is 10.1 Å². The molecule has 26 heavy (non-hydrogen) atoms. The van der Waals surface area contributed by atoms with Crippen LogP contribution in [0.1, 0.15) is 5.56 Å². The van der Waals surface area contributed by atoms with E-state index in [2.05, 4.69) is 17.1 Å². The number of nitro benzene ring substituents is 1. The highest BCUT2D eigenvalue weighted by Gasteiger charge is 2.14. The first kappa shape index (κ1) is 18.7. The molecule has 0 aliphatic carbocycles. The zero-order valence-corrected chi connectivity index (χ0v) is 13.8. The number of benzene rings is 2. The fraction of sp³-hybridized carbons (Fsp3) is 0.111. The van der Waals surface area contributed by atoms with E-state index in [4.69, 9.17) is 9.47 Å². The predicted octanol–water partition coefficient (Wildman–Crippen LogP) is 2.69. The molecule has 134 valence electrons. The van der Waals surface area contributed by atoms with Gasteiger partial charge < -0.3 is 9.47 Å². The molecule has 0 bridgehead atoms. The summed E-state index contributed by atoms with van der Waals surface area (Å²) in [5, 5.41) is 14.7. The van der Waals surface area contributed by atoms with Gasteiger partial charge in [0.05, 0.1) is 11.1 Å². The standard InChI is InChI=1S/C18H17N3O5/c1-2-10-25-15-7-5-6-14(11-15)12-19-20-18(22)13-26-17-9-4-3-8-16(17)21(23)24/h2-9,11-12H,1,10,13H2,(H,20,22)/b19-12-. The number of amides is 1. The maximum atomic E-state index is 11.7. The lowest BCUT2D eigenvalue weighted by molar-refractivity contribution is -0.385. The molecular weight excluding hydrogens is 338 g/mol. The summed E-state index contributed by atoms with van der Waals surface area (Å²) in [5.41, 5.74) is 2.81. The van der Waals surface area contributed by atoms with E-state index in [1.54, 1.807) is 36.4 Å². The van der Waals surface area contributed by atoms with Crippen LogP contribution in [0.5, 0.6) is 11.5 Å². The molecule has 8 heteroatoms. The van der Waals surface area contributed by atoms with Crippen LogP contribution in [0.4, 0.5) is 5.69 Å². The molecule has 0 saturated carbocycles. The number of hydrogen-bond donors (Lipinski definition) is 1. The van der Waals surface area contributed by atoms with Crippen molar-refractivity contribution < 1.29 is 19.2 Å². The lowest BCUT2D eigenvalue weighted by atomic mass is 10.2. The Bertz CT molecular complexity index is 820. The average Bonchev–Trinajstić information content (AvgIpc) is 2.65. The Morgan fingerprint density at radius 2 is 2.04 bits per heavy atom. The molecule has 8 nitrogen and oxygen atoms in total. The molecule has 0 atom stereocenters. The summed E-state index contributed by atoms with van der Waals surface area (Å²) < 4.78 is 10.6. The highest BCUT2D eigenvalue weighted by molar-refractivity contribution is 5.83. The van der Waals surface area contributed by atoms with Crippen LogP contribution in [0.3, 0.4) is 0 Å². The molecular formula is C18H17N3O5. The Morgan fingerprint density at radius 1 is 1.23 bits per heavy atom. The van der Waals surface area contributed by atoms with Crippen molar-refractivity contribution in [3.63, 3.8) is 0 Å². The Balaban J connectivity index is 1.86. The van der Waals surface area contributed by atoms with Gasteiger partial charge in [0.1, 0.15) is 12.4 Å². The topological polar surface area (TPSA) is 103 Å². The zero-order chi connectivity index (χ0) is 18.8. The van der Waals surface area contributed by atoms with Crippen molar-refractivity contribution in [3.05, 3.63) is 76.9 Å². The molecule has 2 rings (SSSR count). The summed E-state index contributed by atoms with van der Waals surface area (Å²) in [7, 11) is 0. The Labute approximate surface area is 149 Å². The van der Waals surface area contributed by atoms with E-state index >= 15 is 0 Å². The fourth-order valence-electron chi connectivity index (χ4n) is 1.92. The van der Waals surface area contributed by atoms with E-state index in [0.29, 0.717) is 12.4 Å². The molecule has 0 aliphatic heterocycles. The monoisotopic (exact) mass is 355 g/mol. The summed E-state index contributed by atoms with van der Waals surface area (Å²) in [5.74, 6) is 0.127. The van der Waals surface area contributed by atoms with Gasteiger partial charge >= 0.3 is 5.69 Å². The summed E-state index contributed by atoms with van der Waals surface area (Å²) in [6, 6.07) is 12.9. The van der Waals surface area contributed by atoms with Gasteiger partial charge in [-0.2, -0.15) is 5.10 Å². The van der Waals surface area contributed by atoms with E-state index < -0.39 is 17.4 Å². The van der Waals surface area contributed by atoms with Gasteiger partial charge in [0.2, 0.25) is 0 Å². The third kappa shape index (κ3) is 5.75. The van der Waals surface area contributed by atoms with Gasteiger partial charge in [-0.1, -0.05) is 36.9 Å². The molecule has 0 spiro atoms. The first-order valence-corrected chi connectivity index (χ1v) is 7.62. The van der Waals surface area contributed by atoms with Gasteiger partial charge in [-0.25, -0.2) is 5.43 Å². The maximum Gasteiger partial charge on any atom is 0.310 e. The maximum absolute atomic E-state index is 11.7. The minimum atomic E-state index is -0.577. The van der Waals surface area contributed by atoms with Crippen LogP contribution in [0.25, 0.3) is 0 Å². The lowest BCUT2D eigenvalue weighted by Gasteiger charge is -2.05. The van der Waals surface area contributed by atoms with Crippen LogP contribution in [-0.2, 0) is 4.79 Å². The smallest absolute Gasteiger partial charge is 0.310 e. The molecule has 2 aromatic carbocycles. The lowest BCUT2D eigenvalue weighted by Crippen LogP contribution is -2.24. The normalized spacial score (nSPS) is 10.3. The minimum Gasteiger partial charge on any atom is -0.490 e. The molecule has 0 saturated heterocycles. The van der Waals surface area contributed by atoms with Crippen molar-refractivity contribution in [2.45, 2.75) is 0 Å². The van der Waals surface area contributed by atoms with Crippen LogP contribution in [-0.4, -0.2) is 30.3 Å². The molecule has 1 amide bonds. The van der Waals surface area contributed by atoms with E-state index in [1.165, 1.54) is 24.4 Å². The highest BCUT2D eigenvalue weighted by atomic mass is 16.6. The number of nitrogens with zero attached hydrogens (tertiary/aromatic N) is 2. The molecule has 0 aliphatic rings. The van der Waals surface area contributed by atoms with Crippen LogP contribution < -0.4 is 14.9 Å². The Kier molecular flexibility index (Phi) is 6.87. The predicted molar refractivity (Wildman–Crippen MR) is 96.5 cm³/mol. The number of rotatable bonds is 9. The van der Waals surface area contributed by atoms with Crippen molar-refractivity contribution in [1.29, 1.82) is 0 Å². The third-order valence-corrected chi connectivity index (χ3v) is 3.05. The molecule has 0 heterocycles. The zero-order valence-electron chi connectivity index (χ0n) is 13.8. The first-order chi connectivity index (χ1) is 12.6. The van der Waals surface area contributed by atoms with Crippen LogP contribution in [0.15, 0.2) is 66.3 Å². The average molecular weight is 355 g/mol. The van der Waals surface area contributed by atoms with Crippen LogP contribution in [0.2, 0.25) is 0 Å². The number of ether oxygens (including phenoxy) is 2. The molecule has 0 unspecified atom stereocenters. The molecule has 0 aromatic heterocycles. The first-order valence-electron chi connectivity index (χ1n) is 7.62. The van der Waals surface area contributed by atoms with E-state index in [9.17, 15) is 14.9 Å². The number of carbonyl (C=O) groups excluding carboxylic acids is 1. The van der Waals surface area contributed by atoms with Gasteiger partial charge in [0.15, 0.2) is 12.4 Å². The largest absolute Gasteiger partial charge is 0.490 e. The minimum absolute atomic E-state index is 0.0173. The van der Waals surface area contributed by atoms with Gasteiger partial charge in [-0.05, 0) is 23.8 Å². The van der Waals surface area contributed by atoms with Gasteiger partial charge in [0.25, 0.3) is 5.91 Å².